The Hall–Kier alpha value is -2.95. The number of benzene rings is 2. The number of fused-ring (bicyclic) bond motifs is 1. The summed E-state index contributed by atoms with van der Waals surface area (Å²) in [5.41, 5.74) is 4.24. The highest BCUT2D eigenvalue weighted by Gasteiger charge is 2.20. The van der Waals surface area contributed by atoms with Crippen molar-refractivity contribution in [2.24, 2.45) is 0 Å². The number of nitrogens with zero attached hydrogens (tertiary/aromatic N) is 4. The minimum absolute atomic E-state index is 0.302. The summed E-state index contributed by atoms with van der Waals surface area (Å²) in [6.45, 7) is 3.66. The molecule has 148 valence electrons. The first kappa shape index (κ1) is 19.4. The molecule has 0 bridgehead atoms. The smallest absolute Gasteiger partial charge is 0.175 e. The molecule has 4 rings (SSSR count). The molecule has 1 saturated heterocycles. The summed E-state index contributed by atoms with van der Waals surface area (Å²) >= 11 is 0. The Morgan fingerprint density at radius 3 is 2.28 bits per heavy atom. The van der Waals surface area contributed by atoms with E-state index in [-0.39, 0.29) is 0 Å². The van der Waals surface area contributed by atoms with Crippen LogP contribution in [0.3, 0.4) is 0 Å². The number of aromatic nitrogens is 1. The molecular formula is C22H22N4O2S. The summed E-state index contributed by atoms with van der Waals surface area (Å²) in [6.07, 6.45) is 2.85. The number of nitriles is 1. The number of hydrogen-bond donors (Lipinski definition) is 0. The van der Waals surface area contributed by atoms with Crippen LogP contribution in [-0.2, 0) is 9.84 Å². The van der Waals surface area contributed by atoms with Crippen LogP contribution < -0.4 is 4.90 Å². The second kappa shape index (κ2) is 7.47. The highest BCUT2D eigenvalue weighted by Crippen LogP contribution is 2.33. The zero-order chi connectivity index (χ0) is 20.6. The molecule has 2 aromatic carbocycles. The molecule has 1 aromatic heterocycles. The van der Waals surface area contributed by atoms with Gasteiger partial charge in [0.1, 0.15) is 6.07 Å². The van der Waals surface area contributed by atoms with Gasteiger partial charge in [-0.25, -0.2) is 8.42 Å². The van der Waals surface area contributed by atoms with E-state index in [2.05, 4.69) is 27.9 Å². The van der Waals surface area contributed by atoms with Crippen molar-refractivity contribution < 1.29 is 8.42 Å². The van der Waals surface area contributed by atoms with E-state index in [1.165, 1.54) is 6.26 Å². The molecule has 0 radical (unpaired) electrons. The Bertz CT molecular complexity index is 1210. The Labute approximate surface area is 170 Å². The molecular weight excluding hydrogens is 384 g/mol. The number of hydrogen-bond acceptors (Lipinski definition) is 6. The average Bonchev–Trinajstić information content (AvgIpc) is 2.72. The highest BCUT2D eigenvalue weighted by molar-refractivity contribution is 7.90. The summed E-state index contributed by atoms with van der Waals surface area (Å²) in [7, 11) is -1.11. The van der Waals surface area contributed by atoms with E-state index in [1.54, 1.807) is 18.3 Å². The number of likely N-dealkylation sites (N-methyl/N-ethyl adjacent to an activating group) is 1. The molecule has 0 amide bonds. The molecule has 1 aliphatic heterocycles. The van der Waals surface area contributed by atoms with Gasteiger partial charge in [0, 0.05) is 44.0 Å². The molecule has 29 heavy (non-hydrogen) atoms. The number of rotatable bonds is 3. The molecule has 0 unspecified atom stereocenters. The van der Waals surface area contributed by atoms with Crippen molar-refractivity contribution in [3.63, 3.8) is 0 Å². The van der Waals surface area contributed by atoms with Crippen LogP contribution in [-0.4, -0.2) is 57.8 Å². The molecule has 1 aliphatic rings. The molecule has 1 fully saturated rings. The molecule has 0 saturated carbocycles. The van der Waals surface area contributed by atoms with Crippen molar-refractivity contribution in [3.05, 3.63) is 54.2 Å². The Morgan fingerprint density at radius 1 is 1.00 bits per heavy atom. The fourth-order valence-electron chi connectivity index (χ4n) is 3.71. The fraction of sp³-hybridized carbons (Fsp3) is 0.273. The van der Waals surface area contributed by atoms with Crippen LogP contribution in [0.25, 0.3) is 22.0 Å². The fourth-order valence-corrected chi connectivity index (χ4v) is 4.34. The van der Waals surface area contributed by atoms with Crippen molar-refractivity contribution in [1.82, 2.24) is 9.88 Å². The third-order valence-electron chi connectivity index (χ3n) is 5.40. The molecule has 0 spiro atoms. The van der Waals surface area contributed by atoms with E-state index >= 15 is 0 Å². The predicted molar refractivity (Wildman–Crippen MR) is 115 cm³/mol. The van der Waals surface area contributed by atoms with Gasteiger partial charge in [-0.3, -0.25) is 4.98 Å². The Kier molecular flexibility index (Phi) is 4.99. The average molecular weight is 407 g/mol. The lowest BCUT2D eigenvalue weighted by atomic mass is 10.0. The van der Waals surface area contributed by atoms with Gasteiger partial charge in [-0.1, -0.05) is 24.3 Å². The van der Waals surface area contributed by atoms with Gasteiger partial charge in [-0.15, -0.1) is 0 Å². The lowest BCUT2D eigenvalue weighted by Crippen LogP contribution is -2.44. The summed E-state index contributed by atoms with van der Waals surface area (Å²) in [5, 5.41) is 10.6. The van der Waals surface area contributed by atoms with E-state index in [0.717, 1.165) is 53.9 Å². The molecule has 3 aromatic rings. The van der Waals surface area contributed by atoms with Crippen LogP contribution >= 0.6 is 0 Å². The SMILES string of the molecule is CN1CCN(c2c(C#N)cnc3cc(-c4ccc(S(C)(=O)=O)cc4)ccc23)CC1. The molecule has 6 nitrogen and oxygen atoms in total. The number of pyridine rings is 1. The van der Waals surface area contributed by atoms with Crippen molar-refractivity contribution in [3.8, 4) is 17.2 Å². The first-order valence-corrected chi connectivity index (χ1v) is 11.3. The van der Waals surface area contributed by atoms with Crippen LogP contribution in [0.2, 0.25) is 0 Å². The van der Waals surface area contributed by atoms with Crippen LogP contribution in [0.15, 0.2) is 53.6 Å². The normalized spacial score (nSPS) is 15.4. The third-order valence-corrected chi connectivity index (χ3v) is 6.52. The van der Waals surface area contributed by atoms with E-state index in [4.69, 9.17) is 0 Å². The van der Waals surface area contributed by atoms with Gasteiger partial charge in [0.05, 0.1) is 21.7 Å². The minimum Gasteiger partial charge on any atom is -0.367 e. The third kappa shape index (κ3) is 3.82. The van der Waals surface area contributed by atoms with E-state index < -0.39 is 9.84 Å². The molecule has 7 heteroatoms. The second-order valence-corrected chi connectivity index (χ2v) is 9.47. The second-order valence-electron chi connectivity index (χ2n) is 7.45. The maximum Gasteiger partial charge on any atom is 0.175 e. The van der Waals surface area contributed by atoms with Gasteiger partial charge < -0.3 is 9.80 Å². The van der Waals surface area contributed by atoms with Crippen molar-refractivity contribution >= 4 is 26.4 Å². The van der Waals surface area contributed by atoms with Crippen LogP contribution in [0.5, 0.6) is 0 Å². The van der Waals surface area contributed by atoms with Gasteiger partial charge in [-0.2, -0.15) is 5.26 Å². The first-order valence-electron chi connectivity index (χ1n) is 9.43. The lowest BCUT2D eigenvalue weighted by molar-refractivity contribution is 0.313. The van der Waals surface area contributed by atoms with Crippen LogP contribution in [0, 0.1) is 11.3 Å². The van der Waals surface area contributed by atoms with Gasteiger partial charge >= 0.3 is 0 Å². The highest BCUT2D eigenvalue weighted by atomic mass is 32.2. The van der Waals surface area contributed by atoms with Gasteiger partial charge in [0.2, 0.25) is 0 Å². The summed E-state index contributed by atoms with van der Waals surface area (Å²) in [5.74, 6) is 0. The maximum atomic E-state index is 11.7. The van der Waals surface area contributed by atoms with Crippen molar-refractivity contribution in [2.45, 2.75) is 4.90 Å². The van der Waals surface area contributed by atoms with Gasteiger partial charge in [0.25, 0.3) is 0 Å². The zero-order valence-corrected chi connectivity index (χ0v) is 17.3. The Balaban J connectivity index is 1.76. The summed E-state index contributed by atoms with van der Waals surface area (Å²) < 4.78 is 23.4. The largest absolute Gasteiger partial charge is 0.367 e. The molecule has 0 aliphatic carbocycles. The van der Waals surface area contributed by atoms with Crippen LogP contribution in [0.1, 0.15) is 5.56 Å². The molecule has 0 N–H and O–H groups in total. The van der Waals surface area contributed by atoms with Crippen molar-refractivity contribution in [1.29, 1.82) is 5.26 Å². The number of piperazine rings is 1. The van der Waals surface area contributed by atoms with Crippen molar-refractivity contribution in [2.75, 3.05) is 44.4 Å². The zero-order valence-electron chi connectivity index (χ0n) is 16.5. The van der Waals surface area contributed by atoms with E-state index in [9.17, 15) is 13.7 Å². The lowest BCUT2D eigenvalue weighted by Gasteiger charge is -2.35. The topological polar surface area (TPSA) is 77.3 Å². The maximum absolute atomic E-state index is 11.7. The monoisotopic (exact) mass is 406 g/mol. The van der Waals surface area contributed by atoms with Gasteiger partial charge in [-0.05, 0) is 36.4 Å². The molecule has 0 atom stereocenters. The number of sulfone groups is 1. The summed E-state index contributed by atoms with van der Waals surface area (Å²) in [4.78, 5) is 9.36. The molecule has 2 heterocycles. The first-order chi connectivity index (χ1) is 13.9. The quantitative estimate of drug-likeness (QED) is 0.666. The van der Waals surface area contributed by atoms with Gasteiger partial charge in [0.15, 0.2) is 9.84 Å². The predicted octanol–water partition coefficient (Wildman–Crippen LogP) is 2.93. The number of anilines is 1. The summed E-state index contributed by atoms with van der Waals surface area (Å²) in [6, 6.07) is 15.2. The standard InChI is InChI=1S/C22H22N4O2S/c1-25-9-11-26(12-10-25)22-18(14-23)15-24-21-13-17(5-8-20(21)22)16-3-6-19(7-4-16)29(2,27)28/h3-8,13,15H,9-12H2,1-2H3. The van der Waals surface area contributed by atoms with E-state index in [0.29, 0.717) is 10.5 Å². The van der Waals surface area contributed by atoms with Crippen LogP contribution in [0.4, 0.5) is 5.69 Å². The van der Waals surface area contributed by atoms with E-state index in [1.807, 2.05) is 30.3 Å². The minimum atomic E-state index is -3.22. The Morgan fingerprint density at radius 2 is 1.66 bits per heavy atom.